The number of benzene rings is 1. The second-order valence-corrected chi connectivity index (χ2v) is 8.25. The fourth-order valence-electron chi connectivity index (χ4n) is 2.96. The lowest BCUT2D eigenvalue weighted by Gasteiger charge is -2.26. The van der Waals surface area contributed by atoms with Gasteiger partial charge in [0.15, 0.2) is 0 Å². The van der Waals surface area contributed by atoms with Gasteiger partial charge in [-0.1, -0.05) is 33.3 Å². The van der Waals surface area contributed by atoms with Crippen LogP contribution < -0.4 is 16.4 Å². The first kappa shape index (κ1) is 20.4. The topological polar surface area (TPSA) is 87.5 Å². The molecule has 0 aromatic heterocycles. The fourth-order valence-corrected chi connectivity index (χ4v) is 2.96. The van der Waals surface area contributed by atoms with E-state index in [4.69, 9.17) is 5.73 Å². The third-order valence-electron chi connectivity index (χ3n) is 4.81. The highest BCUT2D eigenvalue weighted by molar-refractivity contribution is 5.97. The van der Waals surface area contributed by atoms with E-state index < -0.39 is 6.04 Å². The molecule has 1 saturated heterocycles. The molecule has 0 bridgehead atoms. The molecule has 0 saturated carbocycles. The summed E-state index contributed by atoms with van der Waals surface area (Å²) in [5.74, 6) is -0.253. The maximum Gasteiger partial charge on any atom is 0.241 e. The molecule has 1 aliphatic heterocycles. The monoisotopic (exact) mass is 360 g/mol. The largest absolute Gasteiger partial charge is 0.325 e. The van der Waals surface area contributed by atoms with Gasteiger partial charge in [-0.3, -0.25) is 14.5 Å². The number of anilines is 2. The number of nitrogens with two attached hydrogens (primary N) is 1. The first-order valence-corrected chi connectivity index (χ1v) is 9.36. The van der Waals surface area contributed by atoms with Gasteiger partial charge < -0.3 is 16.4 Å². The molecule has 1 aromatic carbocycles. The summed E-state index contributed by atoms with van der Waals surface area (Å²) < 4.78 is 0. The van der Waals surface area contributed by atoms with Crippen LogP contribution in [0.5, 0.6) is 0 Å². The van der Waals surface area contributed by atoms with Crippen molar-refractivity contribution in [1.82, 2.24) is 4.90 Å². The molecular weight excluding hydrogens is 328 g/mol. The van der Waals surface area contributed by atoms with Gasteiger partial charge in [-0.15, -0.1) is 0 Å². The van der Waals surface area contributed by atoms with Crippen molar-refractivity contribution in [2.75, 3.05) is 30.3 Å². The normalized spacial score (nSPS) is 16.8. The fraction of sp³-hybridized carbons (Fsp3) is 0.600. The summed E-state index contributed by atoms with van der Waals surface area (Å²) in [6, 6.07) is 4.88. The molecule has 1 aliphatic rings. The van der Waals surface area contributed by atoms with Gasteiger partial charge in [0.25, 0.3) is 0 Å². The van der Waals surface area contributed by atoms with Crippen LogP contribution in [0.3, 0.4) is 0 Å². The molecule has 0 spiro atoms. The van der Waals surface area contributed by atoms with E-state index in [0.29, 0.717) is 17.9 Å². The van der Waals surface area contributed by atoms with Crippen LogP contribution >= 0.6 is 0 Å². The minimum atomic E-state index is -0.610. The van der Waals surface area contributed by atoms with Crippen molar-refractivity contribution >= 4 is 23.2 Å². The zero-order valence-corrected chi connectivity index (χ0v) is 16.4. The van der Waals surface area contributed by atoms with E-state index in [0.717, 1.165) is 31.5 Å². The summed E-state index contributed by atoms with van der Waals surface area (Å²) in [6.45, 7) is 10.1. The molecule has 0 radical (unpaired) electrons. The number of hydrogen-bond acceptors (Lipinski definition) is 4. The number of aryl methyl sites for hydroxylation is 1. The van der Waals surface area contributed by atoms with Gasteiger partial charge in [0, 0.05) is 11.4 Å². The summed E-state index contributed by atoms with van der Waals surface area (Å²) in [6.07, 6.45) is 3.55. The van der Waals surface area contributed by atoms with E-state index in [1.54, 1.807) is 6.07 Å². The molecule has 0 aliphatic carbocycles. The Morgan fingerprint density at radius 2 is 1.81 bits per heavy atom. The van der Waals surface area contributed by atoms with Gasteiger partial charge >= 0.3 is 0 Å². The number of amides is 2. The van der Waals surface area contributed by atoms with Gasteiger partial charge in [0.1, 0.15) is 0 Å². The van der Waals surface area contributed by atoms with Crippen molar-refractivity contribution < 1.29 is 9.59 Å². The summed E-state index contributed by atoms with van der Waals surface area (Å²) in [5, 5.41) is 5.81. The van der Waals surface area contributed by atoms with Gasteiger partial charge in [0.05, 0.1) is 12.6 Å². The summed E-state index contributed by atoms with van der Waals surface area (Å²) in [7, 11) is 0. The molecule has 6 nitrogen and oxygen atoms in total. The third-order valence-corrected chi connectivity index (χ3v) is 4.81. The van der Waals surface area contributed by atoms with E-state index in [1.165, 1.54) is 6.42 Å². The quantitative estimate of drug-likeness (QED) is 0.753. The lowest BCUT2D eigenvalue weighted by molar-refractivity contribution is -0.119. The number of hydrogen-bond donors (Lipinski definition) is 3. The molecule has 4 N–H and O–H groups in total. The predicted octanol–water partition coefficient (Wildman–Crippen LogP) is 2.73. The summed E-state index contributed by atoms with van der Waals surface area (Å²) in [4.78, 5) is 26.8. The SMILES string of the molecule is Cc1ccc(NC(=O)[C@@H](N)C(C)(C)C)cc1NC(=O)CN1CCCCC1. The van der Waals surface area contributed by atoms with E-state index in [2.05, 4.69) is 15.5 Å². The first-order chi connectivity index (χ1) is 12.2. The number of carbonyl (C=O) groups is 2. The molecule has 2 amide bonds. The minimum absolute atomic E-state index is 0.0233. The van der Waals surface area contributed by atoms with Gasteiger partial charge in [-0.25, -0.2) is 0 Å². The Morgan fingerprint density at radius 1 is 1.15 bits per heavy atom. The van der Waals surface area contributed by atoms with Crippen LogP contribution in [0.1, 0.15) is 45.6 Å². The van der Waals surface area contributed by atoms with Crippen molar-refractivity contribution in [3.05, 3.63) is 23.8 Å². The molecule has 26 heavy (non-hydrogen) atoms. The zero-order chi connectivity index (χ0) is 19.3. The Bertz CT molecular complexity index is 646. The maximum atomic E-state index is 12.3. The molecule has 1 fully saturated rings. The Hall–Kier alpha value is -1.92. The van der Waals surface area contributed by atoms with Crippen LogP contribution in [0, 0.1) is 12.3 Å². The average Bonchev–Trinajstić information content (AvgIpc) is 2.57. The van der Waals surface area contributed by atoms with Crippen LogP contribution in [0.4, 0.5) is 11.4 Å². The number of nitrogens with zero attached hydrogens (tertiary/aromatic N) is 1. The van der Waals surface area contributed by atoms with Crippen LogP contribution in [-0.4, -0.2) is 42.4 Å². The van der Waals surface area contributed by atoms with E-state index in [9.17, 15) is 9.59 Å². The first-order valence-electron chi connectivity index (χ1n) is 9.36. The number of piperidine rings is 1. The van der Waals surface area contributed by atoms with Crippen LogP contribution in [0.15, 0.2) is 18.2 Å². The molecule has 144 valence electrons. The highest BCUT2D eigenvalue weighted by Gasteiger charge is 2.27. The molecule has 2 rings (SSSR count). The number of likely N-dealkylation sites (tertiary alicyclic amines) is 1. The van der Waals surface area contributed by atoms with Crippen LogP contribution in [-0.2, 0) is 9.59 Å². The van der Waals surface area contributed by atoms with Crippen molar-refractivity contribution in [1.29, 1.82) is 0 Å². The lowest BCUT2D eigenvalue weighted by atomic mass is 9.87. The summed E-state index contributed by atoms with van der Waals surface area (Å²) >= 11 is 0. The predicted molar refractivity (Wildman–Crippen MR) is 106 cm³/mol. The highest BCUT2D eigenvalue weighted by atomic mass is 16.2. The second kappa shape index (κ2) is 8.64. The van der Waals surface area contributed by atoms with E-state index in [-0.39, 0.29) is 17.2 Å². The lowest BCUT2D eigenvalue weighted by Crippen LogP contribution is -2.45. The highest BCUT2D eigenvalue weighted by Crippen LogP contribution is 2.23. The zero-order valence-electron chi connectivity index (χ0n) is 16.4. The van der Waals surface area contributed by atoms with Crippen molar-refractivity contribution in [2.45, 2.75) is 53.0 Å². The summed E-state index contributed by atoms with van der Waals surface area (Å²) in [5.41, 5.74) is 7.99. The molecule has 1 aromatic rings. The van der Waals surface area contributed by atoms with Crippen molar-refractivity contribution in [2.24, 2.45) is 11.1 Å². The van der Waals surface area contributed by atoms with Crippen LogP contribution in [0.2, 0.25) is 0 Å². The van der Waals surface area contributed by atoms with Gasteiger partial charge in [-0.2, -0.15) is 0 Å². The molecule has 1 heterocycles. The van der Waals surface area contributed by atoms with Crippen molar-refractivity contribution in [3.63, 3.8) is 0 Å². The Kier molecular flexibility index (Phi) is 6.78. The molecule has 6 heteroatoms. The molecule has 0 unspecified atom stereocenters. The Balaban J connectivity index is 2.00. The maximum absolute atomic E-state index is 12.3. The van der Waals surface area contributed by atoms with Crippen LogP contribution in [0.25, 0.3) is 0 Å². The number of rotatable bonds is 5. The molecular formula is C20H32N4O2. The minimum Gasteiger partial charge on any atom is -0.325 e. The van der Waals surface area contributed by atoms with Gasteiger partial charge in [-0.05, 0) is 56.0 Å². The third kappa shape index (κ3) is 5.81. The second-order valence-electron chi connectivity index (χ2n) is 8.25. The number of nitrogens with one attached hydrogen (secondary N) is 2. The Morgan fingerprint density at radius 3 is 2.42 bits per heavy atom. The van der Waals surface area contributed by atoms with E-state index in [1.807, 2.05) is 39.8 Å². The number of carbonyl (C=O) groups excluding carboxylic acids is 2. The van der Waals surface area contributed by atoms with Gasteiger partial charge in [0.2, 0.25) is 11.8 Å². The average molecular weight is 361 g/mol. The molecule has 1 atom stereocenters. The smallest absolute Gasteiger partial charge is 0.241 e. The standard InChI is InChI=1S/C20H32N4O2/c1-14-8-9-15(22-19(26)18(21)20(2,3)4)12-16(14)23-17(25)13-24-10-6-5-7-11-24/h8-9,12,18H,5-7,10-11,13,21H2,1-4H3,(H,22,26)(H,23,25)/t18-/m1/s1. The van der Waals surface area contributed by atoms with Crippen molar-refractivity contribution in [3.8, 4) is 0 Å². The Labute approximate surface area is 156 Å². The van der Waals surface area contributed by atoms with E-state index >= 15 is 0 Å².